The number of nitrogens with zero attached hydrogens (tertiary/aromatic N) is 1. The zero-order valence-electron chi connectivity index (χ0n) is 14.0. The van der Waals surface area contributed by atoms with Crippen LogP contribution in [0.3, 0.4) is 0 Å². The lowest BCUT2D eigenvalue weighted by atomic mass is 10.0. The van der Waals surface area contributed by atoms with Crippen molar-refractivity contribution in [3.63, 3.8) is 0 Å². The van der Waals surface area contributed by atoms with Crippen LogP contribution in [-0.2, 0) is 4.74 Å². The Hall–Kier alpha value is -1.62. The summed E-state index contributed by atoms with van der Waals surface area (Å²) in [6.45, 7) is 9.61. The predicted octanol–water partition coefficient (Wildman–Crippen LogP) is 2.87. The number of ketones is 1. The Kier molecular flexibility index (Phi) is 5.40. The third-order valence-electron chi connectivity index (χ3n) is 4.48. The summed E-state index contributed by atoms with van der Waals surface area (Å²) in [5, 5.41) is 0. The van der Waals surface area contributed by atoms with E-state index in [0.717, 1.165) is 25.9 Å². The van der Waals surface area contributed by atoms with Crippen molar-refractivity contribution in [2.24, 2.45) is 0 Å². The number of aromatic amines is 1. The van der Waals surface area contributed by atoms with Crippen LogP contribution in [0.25, 0.3) is 0 Å². The molecule has 0 spiro atoms. The number of hydrogen-bond acceptors (Lipinski definition) is 4. The summed E-state index contributed by atoms with van der Waals surface area (Å²) in [6, 6.07) is -0.160. The number of nitrogens with one attached hydrogen (secondary N) is 1. The Morgan fingerprint density at radius 3 is 2.45 bits per heavy atom. The topological polar surface area (TPSA) is 62.4 Å². The minimum atomic E-state index is -0.363. The van der Waals surface area contributed by atoms with E-state index >= 15 is 0 Å². The van der Waals surface area contributed by atoms with E-state index in [1.807, 2.05) is 20.8 Å². The molecule has 0 unspecified atom stereocenters. The van der Waals surface area contributed by atoms with Crippen molar-refractivity contribution in [1.29, 1.82) is 0 Å². The van der Waals surface area contributed by atoms with E-state index in [0.29, 0.717) is 29.1 Å². The molecule has 1 atom stereocenters. The molecule has 1 aliphatic heterocycles. The van der Waals surface area contributed by atoms with E-state index in [2.05, 4.69) is 9.88 Å². The molecule has 22 heavy (non-hydrogen) atoms. The number of esters is 1. The maximum absolute atomic E-state index is 12.8. The smallest absolute Gasteiger partial charge is 0.340 e. The fourth-order valence-corrected chi connectivity index (χ4v) is 3.19. The molecule has 0 saturated carbocycles. The largest absolute Gasteiger partial charge is 0.462 e. The fourth-order valence-electron chi connectivity index (χ4n) is 3.19. The first-order chi connectivity index (χ1) is 10.5. The van der Waals surface area contributed by atoms with Crippen molar-refractivity contribution < 1.29 is 14.3 Å². The molecule has 1 aliphatic rings. The number of carbonyl (C=O) groups is 2. The van der Waals surface area contributed by atoms with Gasteiger partial charge in [0.1, 0.15) is 0 Å². The van der Waals surface area contributed by atoms with E-state index in [9.17, 15) is 9.59 Å². The van der Waals surface area contributed by atoms with Crippen LogP contribution in [0.4, 0.5) is 0 Å². The minimum absolute atomic E-state index is 0.0537. The van der Waals surface area contributed by atoms with Gasteiger partial charge in [-0.15, -0.1) is 0 Å². The number of carbonyl (C=O) groups excluding carboxylic acids is 2. The standard InChI is InChI=1S/C17H26N2O3/c1-5-22-17(21)14-11(2)15(18-12(14)3)16(20)13(4)19-9-7-6-8-10-19/h13,18H,5-10H2,1-4H3/t13-/m1/s1. The van der Waals surface area contributed by atoms with Crippen molar-refractivity contribution in [3.8, 4) is 0 Å². The highest BCUT2D eigenvalue weighted by atomic mass is 16.5. The van der Waals surface area contributed by atoms with Gasteiger partial charge < -0.3 is 9.72 Å². The van der Waals surface area contributed by atoms with E-state index in [1.165, 1.54) is 6.42 Å². The number of Topliss-reactive ketones (excluding diaryl/α,β-unsaturated/α-hetero) is 1. The van der Waals surface area contributed by atoms with Crippen LogP contribution >= 0.6 is 0 Å². The first-order valence-electron chi connectivity index (χ1n) is 8.11. The lowest BCUT2D eigenvalue weighted by Crippen LogP contribution is -2.42. The molecule has 0 bridgehead atoms. The summed E-state index contributed by atoms with van der Waals surface area (Å²) >= 11 is 0. The Morgan fingerprint density at radius 1 is 1.23 bits per heavy atom. The van der Waals surface area contributed by atoms with Gasteiger partial charge in [0, 0.05) is 5.69 Å². The molecule has 1 N–H and O–H groups in total. The predicted molar refractivity (Wildman–Crippen MR) is 85.4 cm³/mol. The van der Waals surface area contributed by atoms with Gasteiger partial charge in [0.2, 0.25) is 0 Å². The van der Waals surface area contributed by atoms with Gasteiger partial charge in [0.25, 0.3) is 0 Å². The number of ether oxygens (including phenoxy) is 1. The van der Waals surface area contributed by atoms with Crippen LogP contribution in [0.5, 0.6) is 0 Å². The van der Waals surface area contributed by atoms with Crippen molar-refractivity contribution >= 4 is 11.8 Å². The zero-order chi connectivity index (χ0) is 16.3. The van der Waals surface area contributed by atoms with Gasteiger partial charge in [-0.05, 0) is 59.2 Å². The first kappa shape index (κ1) is 16.7. The Balaban J connectivity index is 2.23. The summed E-state index contributed by atoms with van der Waals surface area (Å²) < 4.78 is 5.08. The molecular formula is C17H26N2O3. The highest BCUT2D eigenvalue weighted by Gasteiger charge is 2.29. The molecule has 2 rings (SSSR count). The van der Waals surface area contributed by atoms with Crippen molar-refractivity contribution in [2.75, 3.05) is 19.7 Å². The number of likely N-dealkylation sites (tertiary alicyclic amines) is 1. The number of hydrogen-bond donors (Lipinski definition) is 1. The van der Waals surface area contributed by atoms with Crippen LogP contribution < -0.4 is 0 Å². The van der Waals surface area contributed by atoms with Gasteiger partial charge in [0.05, 0.1) is 23.9 Å². The van der Waals surface area contributed by atoms with Crippen LogP contribution in [0.1, 0.15) is 65.2 Å². The average molecular weight is 306 g/mol. The Labute approximate surface area is 132 Å². The Bertz CT molecular complexity index is 556. The van der Waals surface area contributed by atoms with Crippen LogP contribution in [0, 0.1) is 13.8 Å². The van der Waals surface area contributed by atoms with Crippen LogP contribution in [0.15, 0.2) is 0 Å². The third kappa shape index (κ3) is 3.24. The summed E-state index contributed by atoms with van der Waals surface area (Å²) in [6.07, 6.45) is 3.54. The van der Waals surface area contributed by atoms with Gasteiger partial charge in [-0.1, -0.05) is 6.42 Å². The molecule has 1 saturated heterocycles. The molecule has 0 aliphatic carbocycles. The normalized spacial score (nSPS) is 17.3. The second-order valence-corrected chi connectivity index (χ2v) is 5.98. The van der Waals surface area contributed by atoms with Crippen molar-refractivity contribution in [1.82, 2.24) is 9.88 Å². The lowest BCUT2D eigenvalue weighted by Gasteiger charge is -2.31. The lowest BCUT2D eigenvalue weighted by molar-refractivity contribution is 0.0525. The van der Waals surface area contributed by atoms with E-state index in [1.54, 1.807) is 6.92 Å². The quantitative estimate of drug-likeness (QED) is 0.671. The monoisotopic (exact) mass is 306 g/mol. The van der Waals surface area contributed by atoms with E-state index < -0.39 is 0 Å². The van der Waals surface area contributed by atoms with Gasteiger partial charge in [-0.2, -0.15) is 0 Å². The van der Waals surface area contributed by atoms with Crippen molar-refractivity contribution in [2.45, 2.75) is 53.0 Å². The first-order valence-corrected chi connectivity index (χ1v) is 8.11. The highest BCUT2D eigenvalue weighted by Crippen LogP contribution is 2.22. The molecule has 122 valence electrons. The number of aromatic nitrogens is 1. The molecule has 1 aromatic heterocycles. The number of piperidine rings is 1. The average Bonchev–Trinajstić information content (AvgIpc) is 2.81. The van der Waals surface area contributed by atoms with Gasteiger partial charge >= 0.3 is 5.97 Å². The van der Waals surface area contributed by atoms with Gasteiger partial charge in [-0.3, -0.25) is 9.69 Å². The highest BCUT2D eigenvalue weighted by molar-refractivity contribution is 6.03. The summed E-state index contributed by atoms with van der Waals surface area (Å²) in [4.78, 5) is 30.1. The maximum Gasteiger partial charge on any atom is 0.340 e. The SMILES string of the molecule is CCOC(=O)c1c(C)[nH]c(C(=O)[C@@H](C)N2CCCCC2)c1C. The molecule has 0 aromatic carbocycles. The molecule has 1 aromatic rings. The summed E-state index contributed by atoms with van der Waals surface area (Å²) in [5.74, 6) is -0.309. The maximum atomic E-state index is 12.8. The van der Waals surface area contributed by atoms with Gasteiger partial charge in [-0.25, -0.2) is 4.79 Å². The summed E-state index contributed by atoms with van der Waals surface area (Å²) in [7, 11) is 0. The molecule has 2 heterocycles. The van der Waals surface area contributed by atoms with Crippen LogP contribution in [-0.4, -0.2) is 47.4 Å². The molecular weight excluding hydrogens is 280 g/mol. The number of rotatable bonds is 5. The molecule has 5 nitrogen and oxygen atoms in total. The number of H-pyrrole nitrogens is 1. The second-order valence-electron chi connectivity index (χ2n) is 5.98. The fraction of sp³-hybridized carbons (Fsp3) is 0.647. The molecule has 0 radical (unpaired) electrons. The molecule has 1 fully saturated rings. The van der Waals surface area contributed by atoms with Crippen LogP contribution in [0.2, 0.25) is 0 Å². The molecule has 0 amide bonds. The number of aryl methyl sites for hydroxylation is 1. The third-order valence-corrected chi connectivity index (χ3v) is 4.48. The Morgan fingerprint density at radius 2 is 1.86 bits per heavy atom. The second kappa shape index (κ2) is 7.09. The van der Waals surface area contributed by atoms with Gasteiger partial charge in [0.15, 0.2) is 5.78 Å². The van der Waals surface area contributed by atoms with E-state index in [-0.39, 0.29) is 17.8 Å². The summed E-state index contributed by atoms with van der Waals surface area (Å²) in [5.41, 5.74) is 2.43. The molecule has 5 heteroatoms. The van der Waals surface area contributed by atoms with E-state index in [4.69, 9.17) is 4.74 Å². The minimum Gasteiger partial charge on any atom is -0.462 e. The zero-order valence-corrected chi connectivity index (χ0v) is 14.0. The van der Waals surface area contributed by atoms with Crippen molar-refractivity contribution in [3.05, 3.63) is 22.5 Å².